The summed E-state index contributed by atoms with van der Waals surface area (Å²) in [5.74, 6) is 0.233. The lowest BCUT2D eigenvalue weighted by Gasteiger charge is -2.14. The summed E-state index contributed by atoms with van der Waals surface area (Å²) in [6.45, 7) is 0.673. The molecule has 1 amide bonds. The first-order chi connectivity index (χ1) is 8.60. The van der Waals surface area contributed by atoms with Crippen molar-refractivity contribution < 1.29 is 4.79 Å². The summed E-state index contributed by atoms with van der Waals surface area (Å²) < 4.78 is 0. The fourth-order valence-electron chi connectivity index (χ4n) is 1.79. The topological polar surface area (TPSA) is 121 Å². The summed E-state index contributed by atoms with van der Waals surface area (Å²) in [5.41, 5.74) is 13.8. The van der Waals surface area contributed by atoms with E-state index < -0.39 is 0 Å². The van der Waals surface area contributed by atoms with Gasteiger partial charge in [0.25, 0.3) is 0 Å². The number of azide groups is 1. The van der Waals surface area contributed by atoms with E-state index in [1.165, 1.54) is 11.0 Å². The Hall–Kier alpha value is -2.05. The molecule has 9 heteroatoms. The molecule has 94 valence electrons. The number of nitrogen functional groups attached to an aromatic ring is 1. The summed E-state index contributed by atoms with van der Waals surface area (Å²) in [7, 11) is 0. The molecule has 0 aromatic carbocycles. The van der Waals surface area contributed by atoms with E-state index in [0.29, 0.717) is 13.0 Å². The molecule has 8 nitrogen and oxygen atoms in total. The molecule has 0 aliphatic carbocycles. The number of nitrogens with zero attached hydrogens (tertiary/aromatic N) is 6. The van der Waals surface area contributed by atoms with Crippen LogP contribution in [0.4, 0.5) is 11.8 Å². The van der Waals surface area contributed by atoms with Crippen molar-refractivity contribution in [1.29, 1.82) is 0 Å². The number of rotatable bonds is 3. The van der Waals surface area contributed by atoms with Crippen molar-refractivity contribution in [3.05, 3.63) is 21.7 Å². The minimum Gasteiger partial charge on any atom is -0.383 e. The van der Waals surface area contributed by atoms with Crippen molar-refractivity contribution in [2.75, 3.05) is 23.7 Å². The van der Waals surface area contributed by atoms with Crippen LogP contribution in [0.25, 0.3) is 10.4 Å². The van der Waals surface area contributed by atoms with Crippen LogP contribution in [0.5, 0.6) is 0 Å². The molecule has 1 aliphatic rings. The predicted octanol–water partition coefficient (Wildman–Crippen LogP) is 1.38. The summed E-state index contributed by atoms with van der Waals surface area (Å²) in [5, 5.41) is 3.65. The molecular weight excluding hydrogens is 258 g/mol. The van der Waals surface area contributed by atoms with Gasteiger partial charge in [-0.15, -0.1) is 0 Å². The van der Waals surface area contributed by atoms with E-state index in [0.717, 1.165) is 0 Å². The third-order valence-corrected chi connectivity index (χ3v) is 2.75. The van der Waals surface area contributed by atoms with Gasteiger partial charge in [0.1, 0.15) is 11.0 Å². The summed E-state index contributed by atoms with van der Waals surface area (Å²) >= 11 is 5.76. The Morgan fingerprint density at radius 3 is 3.11 bits per heavy atom. The molecule has 0 bridgehead atoms. The zero-order valence-electron chi connectivity index (χ0n) is 9.32. The maximum absolute atomic E-state index is 11.8. The van der Waals surface area contributed by atoms with Crippen LogP contribution in [-0.2, 0) is 4.79 Å². The largest absolute Gasteiger partial charge is 0.383 e. The first-order valence-corrected chi connectivity index (χ1v) is 5.59. The van der Waals surface area contributed by atoms with Crippen molar-refractivity contribution >= 4 is 29.3 Å². The number of anilines is 2. The lowest BCUT2D eigenvalue weighted by atomic mass is 10.1. The van der Waals surface area contributed by atoms with E-state index in [1.54, 1.807) is 0 Å². The van der Waals surface area contributed by atoms with Gasteiger partial charge in [-0.2, -0.15) is 4.98 Å². The Kier molecular flexibility index (Phi) is 3.50. The second-order valence-electron chi connectivity index (χ2n) is 3.90. The Bertz CT molecular complexity index is 507. The third kappa shape index (κ3) is 2.61. The molecule has 2 rings (SSSR count). The van der Waals surface area contributed by atoms with Crippen LogP contribution in [0.15, 0.2) is 11.2 Å². The van der Waals surface area contributed by atoms with Crippen molar-refractivity contribution in [2.45, 2.75) is 6.42 Å². The number of halogens is 1. The minimum absolute atomic E-state index is 0.0304. The molecule has 1 aliphatic heterocycles. The fraction of sp³-hybridized carbons (Fsp3) is 0.444. The van der Waals surface area contributed by atoms with Gasteiger partial charge in [-0.1, -0.05) is 16.7 Å². The quantitative estimate of drug-likeness (QED) is 0.385. The van der Waals surface area contributed by atoms with Gasteiger partial charge in [0.2, 0.25) is 11.9 Å². The Balaban J connectivity index is 2.18. The average Bonchev–Trinajstić information content (AvgIpc) is 2.66. The molecule has 1 saturated heterocycles. The molecule has 2 heterocycles. The maximum Gasteiger partial charge on any atom is 0.235 e. The maximum atomic E-state index is 11.8. The molecular formula is C9H10ClN7O. The van der Waals surface area contributed by atoms with E-state index in [-0.39, 0.29) is 35.3 Å². The molecule has 2 N–H and O–H groups in total. The second kappa shape index (κ2) is 5.07. The highest BCUT2D eigenvalue weighted by Crippen LogP contribution is 2.24. The van der Waals surface area contributed by atoms with Gasteiger partial charge >= 0.3 is 0 Å². The monoisotopic (exact) mass is 267 g/mol. The molecule has 1 aromatic heterocycles. The second-order valence-corrected chi connectivity index (χ2v) is 4.29. The van der Waals surface area contributed by atoms with E-state index in [9.17, 15) is 4.79 Å². The standard InChI is InChI=1S/C9H10ClN7O/c10-6-2-7(11)15-9(14-6)17-4-5(1-8(17)18)3-13-16-12/h2,5H,1,3-4H2,(H2,11,14,15). The molecule has 1 atom stereocenters. The molecule has 18 heavy (non-hydrogen) atoms. The molecule has 1 fully saturated rings. The summed E-state index contributed by atoms with van der Waals surface area (Å²) in [6, 6.07) is 1.41. The highest BCUT2D eigenvalue weighted by atomic mass is 35.5. The van der Waals surface area contributed by atoms with E-state index in [1.807, 2.05) is 0 Å². The van der Waals surface area contributed by atoms with Crippen molar-refractivity contribution in [3.63, 3.8) is 0 Å². The van der Waals surface area contributed by atoms with Crippen LogP contribution >= 0.6 is 11.6 Å². The van der Waals surface area contributed by atoms with Gasteiger partial charge in [-0.25, -0.2) is 4.98 Å². The predicted molar refractivity (Wildman–Crippen MR) is 65.9 cm³/mol. The lowest BCUT2D eigenvalue weighted by molar-refractivity contribution is -0.117. The minimum atomic E-state index is -0.130. The first kappa shape index (κ1) is 12.4. The molecule has 0 spiro atoms. The van der Waals surface area contributed by atoms with E-state index in [4.69, 9.17) is 22.9 Å². The number of amides is 1. The number of nitrogens with two attached hydrogens (primary N) is 1. The Morgan fingerprint density at radius 1 is 1.67 bits per heavy atom. The molecule has 0 radical (unpaired) electrons. The van der Waals surface area contributed by atoms with Crippen molar-refractivity contribution in [1.82, 2.24) is 9.97 Å². The van der Waals surface area contributed by atoms with Crippen LogP contribution in [0.1, 0.15) is 6.42 Å². The number of aromatic nitrogens is 2. The van der Waals surface area contributed by atoms with Crippen LogP contribution < -0.4 is 10.6 Å². The SMILES string of the molecule is [N-]=[N+]=NCC1CC(=O)N(c2nc(N)cc(Cl)n2)C1. The smallest absolute Gasteiger partial charge is 0.235 e. The number of hydrogen-bond donors (Lipinski definition) is 1. The highest BCUT2D eigenvalue weighted by Gasteiger charge is 2.32. The average molecular weight is 268 g/mol. The van der Waals surface area contributed by atoms with Crippen molar-refractivity contribution in [3.8, 4) is 0 Å². The first-order valence-electron chi connectivity index (χ1n) is 5.21. The third-order valence-electron chi connectivity index (χ3n) is 2.55. The van der Waals surface area contributed by atoms with Crippen LogP contribution in [0.3, 0.4) is 0 Å². The summed E-state index contributed by atoms with van der Waals surface area (Å²) in [6.07, 6.45) is 0.300. The molecule has 1 unspecified atom stereocenters. The van der Waals surface area contributed by atoms with Crippen LogP contribution in [-0.4, -0.2) is 29.0 Å². The van der Waals surface area contributed by atoms with Crippen LogP contribution in [0.2, 0.25) is 5.15 Å². The van der Waals surface area contributed by atoms with E-state index in [2.05, 4.69) is 20.0 Å². The van der Waals surface area contributed by atoms with Gasteiger partial charge in [-0.3, -0.25) is 9.69 Å². The lowest BCUT2D eigenvalue weighted by Crippen LogP contribution is -2.27. The van der Waals surface area contributed by atoms with Crippen LogP contribution in [0, 0.1) is 5.92 Å². The number of carbonyl (C=O) groups is 1. The summed E-state index contributed by atoms with van der Waals surface area (Å²) in [4.78, 5) is 23.8. The molecule has 0 saturated carbocycles. The van der Waals surface area contributed by atoms with Crippen molar-refractivity contribution in [2.24, 2.45) is 11.0 Å². The number of carbonyl (C=O) groups excluding carboxylic acids is 1. The molecule has 1 aromatic rings. The van der Waals surface area contributed by atoms with Gasteiger partial charge in [-0.05, 0) is 11.4 Å². The Morgan fingerprint density at radius 2 is 2.44 bits per heavy atom. The normalized spacial score (nSPS) is 18.8. The van der Waals surface area contributed by atoms with E-state index >= 15 is 0 Å². The zero-order chi connectivity index (χ0) is 13.1. The zero-order valence-corrected chi connectivity index (χ0v) is 10.1. The number of hydrogen-bond acceptors (Lipinski definition) is 5. The van der Waals surface area contributed by atoms with Gasteiger partial charge in [0.05, 0.1) is 0 Å². The Labute approximate surface area is 107 Å². The van der Waals surface area contributed by atoms with Gasteiger partial charge in [0, 0.05) is 30.5 Å². The van der Waals surface area contributed by atoms with Gasteiger partial charge < -0.3 is 5.73 Å². The fourth-order valence-corrected chi connectivity index (χ4v) is 1.98. The van der Waals surface area contributed by atoms with Gasteiger partial charge in [0.15, 0.2) is 0 Å². The highest BCUT2D eigenvalue weighted by molar-refractivity contribution is 6.29.